The van der Waals surface area contributed by atoms with E-state index in [1.54, 1.807) is 12.1 Å². The van der Waals surface area contributed by atoms with Crippen LogP contribution in [0, 0.1) is 0 Å². The molecule has 0 spiro atoms. The third-order valence-electron chi connectivity index (χ3n) is 3.36. The molecule has 2 aliphatic rings. The van der Waals surface area contributed by atoms with Crippen molar-refractivity contribution in [1.82, 2.24) is 0 Å². The van der Waals surface area contributed by atoms with E-state index in [0.29, 0.717) is 29.4 Å². The number of carboxylic acids is 1. The van der Waals surface area contributed by atoms with Crippen LogP contribution in [0.5, 0.6) is 17.2 Å². The normalized spacial score (nSPS) is 20.1. The van der Waals surface area contributed by atoms with Crippen LogP contribution in [0.4, 0.5) is 0 Å². The summed E-state index contributed by atoms with van der Waals surface area (Å²) in [5.41, 5.74) is 0.639. The molecule has 3 rings (SSSR count). The number of rotatable bonds is 5. The van der Waals surface area contributed by atoms with Crippen molar-refractivity contribution in [3.8, 4) is 17.2 Å². The Labute approximate surface area is 121 Å². The summed E-state index contributed by atoms with van der Waals surface area (Å²) in [5, 5.41) is 8.76. The molecule has 1 unspecified atom stereocenters. The van der Waals surface area contributed by atoms with Gasteiger partial charge in [-0.1, -0.05) is 0 Å². The minimum absolute atomic E-state index is 0.0896. The number of hydrogen-bond acceptors (Lipinski definition) is 5. The Kier molecular flexibility index (Phi) is 3.96. The van der Waals surface area contributed by atoms with E-state index in [2.05, 4.69) is 0 Å². The second kappa shape index (κ2) is 6.05. The van der Waals surface area contributed by atoms with Crippen molar-refractivity contribution in [1.29, 1.82) is 0 Å². The number of aliphatic carboxylic acids is 1. The molecule has 1 fully saturated rings. The molecule has 0 bridgehead atoms. The van der Waals surface area contributed by atoms with E-state index in [4.69, 9.17) is 24.1 Å². The third-order valence-corrected chi connectivity index (χ3v) is 3.36. The molecule has 1 saturated heterocycles. The van der Waals surface area contributed by atoms with Crippen LogP contribution >= 0.6 is 0 Å². The van der Waals surface area contributed by atoms with Gasteiger partial charge in [0.05, 0.1) is 6.10 Å². The summed E-state index contributed by atoms with van der Waals surface area (Å²) in [6.07, 6.45) is 4.66. The van der Waals surface area contributed by atoms with Crippen LogP contribution in [-0.2, 0) is 9.53 Å². The summed E-state index contributed by atoms with van der Waals surface area (Å²) in [6.45, 7) is 1.36. The SMILES string of the molecule is O=C(O)C=Cc1cc2c(cc1OCC1CCCO1)OCO2. The van der Waals surface area contributed by atoms with Gasteiger partial charge in [-0.15, -0.1) is 0 Å². The van der Waals surface area contributed by atoms with Gasteiger partial charge in [-0.25, -0.2) is 4.79 Å². The number of carbonyl (C=O) groups is 1. The maximum absolute atomic E-state index is 10.7. The molecule has 0 saturated carbocycles. The maximum Gasteiger partial charge on any atom is 0.328 e. The molecule has 6 heteroatoms. The van der Waals surface area contributed by atoms with E-state index in [0.717, 1.165) is 25.5 Å². The van der Waals surface area contributed by atoms with Crippen molar-refractivity contribution in [3.05, 3.63) is 23.8 Å². The van der Waals surface area contributed by atoms with E-state index in [1.165, 1.54) is 6.08 Å². The van der Waals surface area contributed by atoms with Crippen molar-refractivity contribution in [3.63, 3.8) is 0 Å². The fraction of sp³-hybridized carbons (Fsp3) is 0.400. The Morgan fingerprint density at radius 3 is 2.90 bits per heavy atom. The topological polar surface area (TPSA) is 74.2 Å². The molecule has 2 aliphatic heterocycles. The van der Waals surface area contributed by atoms with Gasteiger partial charge in [-0.2, -0.15) is 0 Å². The Balaban J connectivity index is 1.80. The molecule has 6 nitrogen and oxygen atoms in total. The maximum atomic E-state index is 10.7. The molecule has 1 N–H and O–H groups in total. The smallest absolute Gasteiger partial charge is 0.328 e. The van der Waals surface area contributed by atoms with Crippen LogP contribution in [0.25, 0.3) is 6.08 Å². The van der Waals surface area contributed by atoms with Gasteiger partial charge in [0.1, 0.15) is 12.4 Å². The monoisotopic (exact) mass is 292 g/mol. The van der Waals surface area contributed by atoms with Gasteiger partial charge >= 0.3 is 5.97 Å². The number of fused-ring (bicyclic) bond motifs is 1. The van der Waals surface area contributed by atoms with Crippen molar-refractivity contribution < 1.29 is 28.8 Å². The van der Waals surface area contributed by atoms with Gasteiger partial charge in [0.2, 0.25) is 6.79 Å². The van der Waals surface area contributed by atoms with Crippen molar-refractivity contribution in [2.24, 2.45) is 0 Å². The molecule has 0 radical (unpaired) electrons. The lowest BCUT2D eigenvalue weighted by Gasteiger charge is -2.14. The van der Waals surface area contributed by atoms with Crippen LogP contribution in [-0.4, -0.2) is 37.2 Å². The fourth-order valence-electron chi connectivity index (χ4n) is 2.31. The predicted octanol–water partition coefficient (Wildman–Crippen LogP) is 2.07. The average molecular weight is 292 g/mol. The molecular weight excluding hydrogens is 276 g/mol. The standard InChI is InChI=1S/C15H16O6/c16-15(17)4-3-10-6-13-14(21-9-20-13)7-12(10)19-8-11-2-1-5-18-11/h3-4,6-7,11H,1-2,5,8-9H2,(H,16,17). The lowest BCUT2D eigenvalue weighted by molar-refractivity contribution is -0.131. The van der Waals surface area contributed by atoms with E-state index in [-0.39, 0.29) is 12.9 Å². The summed E-state index contributed by atoms with van der Waals surface area (Å²) >= 11 is 0. The van der Waals surface area contributed by atoms with Crippen LogP contribution in [0.3, 0.4) is 0 Å². The van der Waals surface area contributed by atoms with Gasteiger partial charge in [0.25, 0.3) is 0 Å². The van der Waals surface area contributed by atoms with Crippen LogP contribution in [0.2, 0.25) is 0 Å². The first kappa shape index (κ1) is 13.8. The molecule has 1 aromatic rings. The minimum atomic E-state index is -1.02. The van der Waals surface area contributed by atoms with Crippen molar-refractivity contribution in [2.75, 3.05) is 20.0 Å². The van der Waals surface area contributed by atoms with Gasteiger partial charge in [0.15, 0.2) is 11.5 Å². The summed E-state index contributed by atoms with van der Waals surface area (Å²) < 4.78 is 21.9. The van der Waals surface area contributed by atoms with E-state index in [9.17, 15) is 4.79 Å². The van der Waals surface area contributed by atoms with Crippen LogP contribution in [0.15, 0.2) is 18.2 Å². The number of hydrogen-bond donors (Lipinski definition) is 1. The second-order valence-corrected chi connectivity index (χ2v) is 4.86. The molecular formula is C15H16O6. The largest absolute Gasteiger partial charge is 0.490 e. The average Bonchev–Trinajstić information content (AvgIpc) is 3.12. The number of carboxylic acid groups (broad SMARTS) is 1. The number of ether oxygens (including phenoxy) is 4. The number of benzene rings is 1. The Morgan fingerprint density at radius 1 is 1.38 bits per heavy atom. The second-order valence-electron chi connectivity index (χ2n) is 4.86. The summed E-state index contributed by atoms with van der Waals surface area (Å²) in [5.74, 6) is 0.735. The van der Waals surface area contributed by atoms with E-state index >= 15 is 0 Å². The highest BCUT2D eigenvalue weighted by molar-refractivity contribution is 5.86. The van der Waals surface area contributed by atoms with Gasteiger partial charge in [-0.05, 0) is 25.0 Å². The highest BCUT2D eigenvalue weighted by atomic mass is 16.7. The lowest BCUT2D eigenvalue weighted by Crippen LogP contribution is -2.16. The summed E-state index contributed by atoms with van der Waals surface area (Å²) in [7, 11) is 0. The molecule has 1 atom stereocenters. The van der Waals surface area contributed by atoms with Gasteiger partial charge in [-0.3, -0.25) is 0 Å². The Bertz CT molecular complexity index is 560. The first-order chi connectivity index (χ1) is 10.2. The molecule has 21 heavy (non-hydrogen) atoms. The predicted molar refractivity (Wildman–Crippen MR) is 73.7 cm³/mol. The first-order valence-electron chi connectivity index (χ1n) is 6.81. The third kappa shape index (κ3) is 3.28. The molecule has 2 heterocycles. The molecule has 112 valence electrons. The van der Waals surface area contributed by atoms with Crippen LogP contribution in [0.1, 0.15) is 18.4 Å². The molecule has 1 aromatic carbocycles. The highest BCUT2D eigenvalue weighted by Crippen LogP contribution is 2.38. The Morgan fingerprint density at radius 2 is 2.19 bits per heavy atom. The quantitative estimate of drug-likeness (QED) is 0.837. The van der Waals surface area contributed by atoms with Gasteiger partial charge in [0, 0.05) is 24.3 Å². The Hall–Kier alpha value is -2.21. The minimum Gasteiger partial charge on any atom is -0.490 e. The zero-order chi connectivity index (χ0) is 14.7. The fourth-order valence-corrected chi connectivity index (χ4v) is 2.31. The summed E-state index contributed by atoms with van der Waals surface area (Å²) in [4.78, 5) is 10.7. The van der Waals surface area contributed by atoms with Gasteiger partial charge < -0.3 is 24.1 Å². The zero-order valence-electron chi connectivity index (χ0n) is 11.4. The lowest BCUT2D eigenvalue weighted by atomic mass is 10.1. The summed E-state index contributed by atoms with van der Waals surface area (Å²) in [6, 6.07) is 3.44. The molecule has 0 aromatic heterocycles. The van der Waals surface area contributed by atoms with Crippen LogP contribution < -0.4 is 14.2 Å². The van der Waals surface area contributed by atoms with E-state index < -0.39 is 5.97 Å². The first-order valence-corrected chi connectivity index (χ1v) is 6.81. The van der Waals surface area contributed by atoms with E-state index in [1.807, 2.05) is 0 Å². The molecule has 0 aliphatic carbocycles. The van der Waals surface area contributed by atoms with Crippen molar-refractivity contribution >= 4 is 12.0 Å². The zero-order valence-corrected chi connectivity index (χ0v) is 11.4. The highest BCUT2D eigenvalue weighted by Gasteiger charge is 2.20. The molecule has 0 amide bonds. The van der Waals surface area contributed by atoms with Crippen molar-refractivity contribution in [2.45, 2.75) is 18.9 Å².